The molecule has 0 fully saturated rings. The maximum Gasteiger partial charge on any atom is 0.244 e. The Labute approximate surface area is 140 Å². The van der Waals surface area contributed by atoms with Crippen molar-refractivity contribution in [2.45, 2.75) is 19.4 Å². The molecule has 118 valence electrons. The number of benzene rings is 2. The average molecular weight is 328 g/mol. The number of carbonyl (C=O) groups excluding carboxylic acids is 1. The zero-order valence-electron chi connectivity index (χ0n) is 12.9. The predicted molar refractivity (Wildman–Crippen MR) is 92.7 cm³/mol. The van der Waals surface area contributed by atoms with Crippen molar-refractivity contribution in [1.82, 2.24) is 5.32 Å². The van der Waals surface area contributed by atoms with Crippen LogP contribution in [0, 0.1) is 6.92 Å². The van der Waals surface area contributed by atoms with E-state index in [9.17, 15) is 4.79 Å². The Balaban J connectivity index is 1.72. The van der Waals surface area contributed by atoms with Crippen LogP contribution in [0.5, 0.6) is 5.75 Å². The van der Waals surface area contributed by atoms with Crippen molar-refractivity contribution in [1.29, 1.82) is 0 Å². The van der Waals surface area contributed by atoms with E-state index in [0.717, 1.165) is 28.9 Å². The highest BCUT2D eigenvalue weighted by atomic mass is 35.5. The summed E-state index contributed by atoms with van der Waals surface area (Å²) in [6.07, 6.45) is 4.02. The molecule has 0 spiro atoms. The minimum Gasteiger partial charge on any atom is -0.493 e. The number of fused-ring (bicyclic) bond motifs is 1. The van der Waals surface area contributed by atoms with E-state index in [2.05, 4.69) is 11.4 Å². The minimum atomic E-state index is -0.135. The van der Waals surface area contributed by atoms with Crippen molar-refractivity contribution in [3.63, 3.8) is 0 Å². The van der Waals surface area contributed by atoms with E-state index in [0.29, 0.717) is 11.6 Å². The molecule has 1 amide bonds. The van der Waals surface area contributed by atoms with E-state index in [-0.39, 0.29) is 11.9 Å². The van der Waals surface area contributed by atoms with E-state index in [1.165, 1.54) is 6.08 Å². The number of amides is 1. The van der Waals surface area contributed by atoms with E-state index in [1.807, 2.05) is 37.3 Å². The highest BCUT2D eigenvalue weighted by molar-refractivity contribution is 6.32. The van der Waals surface area contributed by atoms with Gasteiger partial charge in [0, 0.05) is 23.1 Å². The van der Waals surface area contributed by atoms with Crippen LogP contribution in [0.15, 0.2) is 48.5 Å². The summed E-state index contributed by atoms with van der Waals surface area (Å²) in [5.41, 5.74) is 3.02. The molecule has 2 aromatic carbocycles. The molecular formula is C19H18ClNO2. The summed E-state index contributed by atoms with van der Waals surface area (Å²) in [5, 5.41) is 3.67. The quantitative estimate of drug-likeness (QED) is 0.853. The molecule has 3 nitrogen and oxygen atoms in total. The fourth-order valence-corrected chi connectivity index (χ4v) is 2.86. The Morgan fingerprint density at radius 1 is 1.30 bits per heavy atom. The van der Waals surface area contributed by atoms with Crippen molar-refractivity contribution < 1.29 is 9.53 Å². The Hall–Kier alpha value is -2.26. The SMILES string of the molecule is Cc1ccc2c(c1)C(NC(=O)/C=C/c1ccccc1Cl)CCO2. The number of halogens is 1. The van der Waals surface area contributed by atoms with Gasteiger partial charge in [0.05, 0.1) is 12.6 Å². The van der Waals surface area contributed by atoms with Gasteiger partial charge in [-0.2, -0.15) is 0 Å². The first-order chi connectivity index (χ1) is 11.1. The molecule has 1 atom stereocenters. The van der Waals surface area contributed by atoms with Crippen LogP contribution in [0.2, 0.25) is 5.02 Å². The van der Waals surface area contributed by atoms with Gasteiger partial charge >= 0.3 is 0 Å². The summed E-state index contributed by atoms with van der Waals surface area (Å²) in [4.78, 5) is 12.2. The third kappa shape index (κ3) is 3.74. The fourth-order valence-electron chi connectivity index (χ4n) is 2.66. The van der Waals surface area contributed by atoms with Crippen LogP contribution < -0.4 is 10.1 Å². The van der Waals surface area contributed by atoms with Crippen molar-refractivity contribution in [2.24, 2.45) is 0 Å². The molecule has 0 radical (unpaired) electrons. The molecular weight excluding hydrogens is 310 g/mol. The lowest BCUT2D eigenvalue weighted by Gasteiger charge is -2.26. The van der Waals surface area contributed by atoms with Crippen molar-refractivity contribution in [3.8, 4) is 5.75 Å². The van der Waals surface area contributed by atoms with Crippen molar-refractivity contribution >= 4 is 23.6 Å². The van der Waals surface area contributed by atoms with Crippen LogP contribution in [-0.2, 0) is 4.79 Å². The van der Waals surface area contributed by atoms with Crippen LogP contribution in [0.1, 0.15) is 29.2 Å². The zero-order chi connectivity index (χ0) is 16.2. The van der Waals surface area contributed by atoms with Gasteiger partial charge in [0.25, 0.3) is 0 Å². The minimum absolute atomic E-state index is 0.0259. The monoisotopic (exact) mass is 327 g/mol. The molecule has 0 aliphatic carbocycles. The van der Waals surface area contributed by atoms with Gasteiger partial charge in [0.2, 0.25) is 5.91 Å². The molecule has 2 aromatic rings. The second-order valence-electron chi connectivity index (χ2n) is 5.59. The maximum atomic E-state index is 12.2. The van der Waals surface area contributed by atoms with Crippen molar-refractivity contribution in [2.75, 3.05) is 6.61 Å². The molecule has 1 unspecified atom stereocenters. The molecule has 0 aromatic heterocycles. The first kappa shape index (κ1) is 15.6. The number of rotatable bonds is 3. The molecule has 0 saturated carbocycles. The molecule has 1 aliphatic heterocycles. The smallest absolute Gasteiger partial charge is 0.244 e. The maximum absolute atomic E-state index is 12.2. The van der Waals surface area contributed by atoms with Gasteiger partial charge in [-0.3, -0.25) is 4.79 Å². The third-order valence-corrected chi connectivity index (χ3v) is 4.18. The van der Waals surface area contributed by atoms with Gasteiger partial charge in [0.15, 0.2) is 0 Å². The Kier molecular flexibility index (Phi) is 4.68. The molecule has 1 N–H and O–H groups in total. The summed E-state index contributed by atoms with van der Waals surface area (Å²) in [6.45, 7) is 2.64. The highest BCUT2D eigenvalue weighted by Gasteiger charge is 2.22. The normalized spacial score (nSPS) is 16.7. The summed E-state index contributed by atoms with van der Waals surface area (Å²) in [7, 11) is 0. The lowest BCUT2D eigenvalue weighted by molar-refractivity contribution is -0.117. The molecule has 4 heteroatoms. The van der Waals surface area contributed by atoms with Crippen LogP contribution >= 0.6 is 11.6 Å². The summed E-state index contributed by atoms with van der Waals surface area (Å²) < 4.78 is 5.65. The van der Waals surface area contributed by atoms with Gasteiger partial charge in [-0.05, 0) is 30.7 Å². The van der Waals surface area contributed by atoms with E-state index in [4.69, 9.17) is 16.3 Å². The van der Waals surface area contributed by atoms with Crippen molar-refractivity contribution in [3.05, 3.63) is 70.3 Å². The Bertz CT molecular complexity index is 755. The molecule has 0 bridgehead atoms. The van der Waals surface area contributed by atoms with Gasteiger partial charge in [-0.1, -0.05) is 47.5 Å². The van der Waals surface area contributed by atoms with E-state index < -0.39 is 0 Å². The zero-order valence-corrected chi connectivity index (χ0v) is 13.6. The Morgan fingerprint density at radius 3 is 2.96 bits per heavy atom. The predicted octanol–water partition coefficient (Wildman–Crippen LogP) is 4.30. The fraction of sp³-hybridized carbons (Fsp3) is 0.211. The number of nitrogens with one attached hydrogen (secondary N) is 1. The first-order valence-corrected chi connectivity index (χ1v) is 7.98. The highest BCUT2D eigenvalue weighted by Crippen LogP contribution is 2.32. The summed E-state index contributed by atoms with van der Waals surface area (Å²) in [5.74, 6) is 0.714. The molecule has 1 aliphatic rings. The number of hydrogen-bond acceptors (Lipinski definition) is 2. The third-order valence-electron chi connectivity index (χ3n) is 3.84. The Morgan fingerprint density at radius 2 is 2.13 bits per heavy atom. The standard InChI is InChI=1S/C19H18ClNO2/c1-13-6-8-18-15(12-13)17(10-11-23-18)21-19(22)9-7-14-4-2-3-5-16(14)20/h2-9,12,17H,10-11H2,1H3,(H,21,22)/b9-7+. The largest absolute Gasteiger partial charge is 0.493 e. The molecule has 3 rings (SSSR count). The molecule has 23 heavy (non-hydrogen) atoms. The van der Waals surface area contributed by atoms with Crippen LogP contribution in [0.4, 0.5) is 0 Å². The van der Waals surface area contributed by atoms with Gasteiger partial charge in [0.1, 0.15) is 5.75 Å². The van der Waals surface area contributed by atoms with Crippen LogP contribution in [-0.4, -0.2) is 12.5 Å². The molecule has 0 saturated heterocycles. The second-order valence-corrected chi connectivity index (χ2v) is 6.00. The average Bonchev–Trinajstić information content (AvgIpc) is 2.55. The topological polar surface area (TPSA) is 38.3 Å². The number of ether oxygens (including phenoxy) is 1. The van der Waals surface area contributed by atoms with Gasteiger partial charge in [-0.15, -0.1) is 0 Å². The number of carbonyl (C=O) groups is 1. The molecule has 1 heterocycles. The van der Waals surface area contributed by atoms with Gasteiger partial charge < -0.3 is 10.1 Å². The lowest BCUT2D eigenvalue weighted by atomic mass is 9.98. The van der Waals surface area contributed by atoms with Gasteiger partial charge in [-0.25, -0.2) is 0 Å². The van der Waals surface area contributed by atoms with Crippen LogP contribution in [0.3, 0.4) is 0 Å². The second kappa shape index (κ2) is 6.88. The number of hydrogen-bond donors (Lipinski definition) is 1. The van der Waals surface area contributed by atoms with E-state index in [1.54, 1.807) is 12.1 Å². The van der Waals surface area contributed by atoms with Crippen LogP contribution in [0.25, 0.3) is 6.08 Å². The first-order valence-electron chi connectivity index (χ1n) is 7.60. The summed E-state index contributed by atoms with van der Waals surface area (Å²) >= 11 is 6.08. The lowest BCUT2D eigenvalue weighted by Crippen LogP contribution is -2.31. The van der Waals surface area contributed by atoms with E-state index >= 15 is 0 Å². The summed E-state index contributed by atoms with van der Waals surface area (Å²) in [6, 6.07) is 13.4. The number of aryl methyl sites for hydroxylation is 1.